The van der Waals surface area contributed by atoms with Crippen molar-refractivity contribution >= 4 is 16.8 Å². The molecule has 4 heterocycles. The molecule has 1 unspecified atom stereocenters. The highest BCUT2D eigenvalue weighted by Gasteiger charge is 2.34. The van der Waals surface area contributed by atoms with Gasteiger partial charge in [0.25, 0.3) is 0 Å². The molecule has 0 amide bonds. The fourth-order valence-electron chi connectivity index (χ4n) is 4.95. The van der Waals surface area contributed by atoms with Crippen molar-refractivity contribution in [2.45, 2.75) is 26.4 Å². The number of imidazole rings is 1. The van der Waals surface area contributed by atoms with Crippen molar-refractivity contribution in [1.29, 1.82) is 0 Å². The van der Waals surface area contributed by atoms with Gasteiger partial charge in [0.2, 0.25) is 5.88 Å². The smallest absolute Gasteiger partial charge is 0.238 e. The maximum atomic E-state index is 6.40. The number of ether oxygens (including phenoxy) is 2. The zero-order chi connectivity index (χ0) is 26.9. The lowest BCUT2D eigenvalue weighted by molar-refractivity contribution is 0.0497. The molecule has 0 saturated heterocycles. The van der Waals surface area contributed by atoms with Crippen LogP contribution in [0.3, 0.4) is 0 Å². The maximum Gasteiger partial charge on any atom is 0.238 e. The molecule has 0 fully saturated rings. The second-order valence-electron chi connectivity index (χ2n) is 9.44. The number of methoxy groups -OCH3 is 2. The zero-order valence-electron chi connectivity index (χ0n) is 22.3. The number of amidine groups is 1. The molecular weight excluding hydrogens is 494 g/mol. The number of hydrogen-bond acceptors (Lipinski definition) is 8. The van der Waals surface area contributed by atoms with Crippen LogP contribution in [0.25, 0.3) is 16.7 Å². The molecular formula is C30H29N5O4. The van der Waals surface area contributed by atoms with E-state index >= 15 is 0 Å². The average Bonchev–Trinajstić information content (AvgIpc) is 3.56. The minimum Gasteiger partial charge on any atom is -0.497 e. The zero-order valence-corrected chi connectivity index (χ0v) is 22.3. The molecule has 0 spiro atoms. The number of pyridine rings is 1. The number of benzene rings is 2. The molecule has 6 rings (SSSR count). The largest absolute Gasteiger partial charge is 0.497 e. The summed E-state index contributed by atoms with van der Waals surface area (Å²) in [5.74, 6) is 2.69. The van der Waals surface area contributed by atoms with Crippen LogP contribution in [0.4, 0.5) is 0 Å². The standard InChI is InChI=1S/C30H29N5O4/c1-19-15-34(18-31-19)25-14-13-24(32-30(25)37-4)29-33-38-17-26(28-20(2)23-7-5-6-8-27(23)39-28)35(29)16-21-9-11-22(36-3)12-10-21/h5-15,18,26H,16-17H2,1-4H3. The van der Waals surface area contributed by atoms with Gasteiger partial charge in [-0.25, -0.2) is 9.97 Å². The third-order valence-electron chi connectivity index (χ3n) is 6.98. The van der Waals surface area contributed by atoms with Crippen LogP contribution in [0, 0.1) is 13.8 Å². The molecule has 3 aromatic heterocycles. The van der Waals surface area contributed by atoms with Gasteiger partial charge >= 0.3 is 0 Å². The van der Waals surface area contributed by atoms with Gasteiger partial charge in [-0.2, -0.15) is 0 Å². The van der Waals surface area contributed by atoms with Crippen molar-refractivity contribution < 1.29 is 18.7 Å². The molecule has 2 aromatic carbocycles. The number of aryl methyl sites for hydroxylation is 2. The van der Waals surface area contributed by atoms with Crippen molar-refractivity contribution in [3.63, 3.8) is 0 Å². The Labute approximate surface area is 226 Å². The van der Waals surface area contributed by atoms with Crippen LogP contribution in [0.5, 0.6) is 11.6 Å². The van der Waals surface area contributed by atoms with Crippen LogP contribution >= 0.6 is 0 Å². The molecule has 0 N–H and O–H groups in total. The summed E-state index contributed by atoms with van der Waals surface area (Å²) < 4.78 is 19.3. The van der Waals surface area contributed by atoms with Gasteiger partial charge in [-0.3, -0.25) is 0 Å². The molecule has 0 aliphatic carbocycles. The van der Waals surface area contributed by atoms with E-state index in [0.717, 1.165) is 45.0 Å². The quantitative estimate of drug-likeness (QED) is 0.275. The Morgan fingerprint density at radius 2 is 1.79 bits per heavy atom. The molecule has 1 aliphatic rings. The Morgan fingerprint density at radius 3 is 2.51 bits per heavy atom. The highest BCUT2D eigenvalue weighted by Crippen LogP contribution is 2.36. The summed E-state index contributed by atoms with van der Waals surface area (Å²) in [6.45, 7) is 4.92. The van der Waals surface area contributed by atoms with E-state index in [2.05, 4.69) is 28.0 Å². The first kappa shape index (κ1) is 24.5. The Bertz CT molecular complexity index is 1650. The normalized spacial score (nSPS) is 15.2. The molecule has 0 saturated carbocycles. The second kappa shape index (κ2) is 10.2. The summed E-state index contributed by atoms with van der Waals surface area (Å²) in [5.41, 5.74) is 5.32. The molecule has 1 aliphatic heterocycles. The van der Waals surface area contributed by atoms with Gasteiger partial charge in [0, 0.05) is 23.7 Å². The third kappa shape index (κ3) is 4.56. The van der Waals surface area contributed by atoms with Crippen LogP contribution in [-0.4, -0.2) is 46.1 Å². The van der Waals surface area contributed by atoms with Crippen molar-refractivity contribution in [2.24, 2.45) is 5.16 Å². The van der Waals surface area contributed by atoms with E-state index in [9.17, 15) is 0 Å². The summed E-state index contributed by atoms with van der Waals surface area (Å²) in [5, 5.41) is 5.58. The number of oxime groups is 1. The van der Waals surface area contributed by atoms with Crippen molar-refractivity contribution in [2.75, 3.05) is 20.8 Å². The van der Waals surface area contributed by atoms with Crippen molar-refractivity contribution in [3.05, 3.63) is 101 Å². The number of hydrogen-bond donors (Lipinski definition) is 0. The molecule has 39 heavy (non-hydrogen) atoms. The van der Waals surface area contributed by atoms with Crippen molar-refractivity contribution in [1.82, 2.24) is 19.4 Å². The fraction of sp³-hybridized carbons (Fsp3) is 0.233. The minimum atomic E-state index is -0.226. The minimum absolute atomic E-state index is 0.226. The van der Waals surface area contributed by atoms with Gasteiger partial charge in [0.1, 0.15) is 41.1 Å². The lowest BCUT2D eigenvalue weighted by Gasteiger charge is -2.35. The number of para-hydroxylation sites is 1. The Hall–Kier alpha value is -4.79. The second-order valence-corrected chi connectivity index (χ2v) is 9.44. The number of rotatable bonds is 7. The first-order chi connectivity index (χ1) is 19.1. The van der Waals surface area contributed by atoms with Crippen LogP contribution in [0.2, 0.25) is 0 Å². The first-order valence-corrected chi connectivity index (χ1v) is 12.7. The van der Waals surface area contributed by atoms with Crippen molar-refractivity contribution in [3.8, 4) is 17.3 Å². The van der Waals surface area contributed by atoms with E-state index in [1.165, 1.54) is 0 Å². The molecule has 0 bridgehead atoms. The van der Waals surface area contributed by atoms with Crippen LogP contribution < -0.4 is 9.47 Å². The number of aromatic nitrogens is 3. The Morgan fingerprint density at radius 1 is 0.974 bits per heavy atom. The summed E-state index contributed by atoms with van der Waals surface area (Å²) in [6.07, 6.45) is 3.67. The van der Waals surface area contributed by atoms with E-state index in [-0.39, 0.29) is 6.04 Å². The SMILES string of the molecule is COc1ccc(CN2C(c3ccc(-n4cnc(C)c4)c(OC)n3)=NOCC2c2oc3ccccc3c2C)cc1. The van der Waals surface area contributed by atoms with E-state index in [1.807, 2.05) is 72.3 Å². The van der Waals surface area contributed by atoms with E-state index in [4.69, 9.17) is 23.7 Å². The molecule has 0 radical (unpaired) electrons. The molecule has 198 valence electrons. The third-order valence-corrected chi connectivity index (χ3v) is 6.98. The summed E-state index contributed by atoms with van der Waals surface area (Å²) >= 11 is 0. The van der Waals surface area contributed by atoms with Gasteiger partial charge < -0.3 is 28.2 Å². The highest BCUT2D eigenvalue weighted by molar-refractivity contribution is 5.97. The Kier molecular flexibility index (Phi) is 6.40. The maximum absolute atomic E-state index is 6.40. The van der Waals surface area contributed by atoms with E-state index in [1.54, 1.807) is 20.5 Å². The van der Waals surface area contributed by atoms with Crippen LogP contribution in [0.15, 0.2) is 82.8 Å². The van der Waals surface area contributed by atoms with Gasteiger partial charge in [0.15, 0.2) is 5.84 Å². The number of furan rings is 1. The lowest BCUT2D eigenvalue weighted by Crippen LogP contribution is -2.41. The monoisotopic (exact) mass is 523 g/mol. The van der Waals surface area contributed by atoms with Gasteiger partial charge in [-0.15, -0.1) is 0 Å². The molecule has 9 heteroatoms. The van der Waals surface area contributed by atoms with Gasteiger partial charge in [0.05, 0.1) is 26.2 Å². The molecule has 9 nitrogen and oxygen atoms in total. The lowest BCUT2D eigenvalue weighted by atomic mass is 10.0. The first-order valence-electron chi connectivity index (χ1n) is 12.7. The van der Waals surface area contributed by atoms with Gasteiger partial charge in [-0.1, -0.05) is 35.5 Å². The van der Waals surface area contributed by atoms with E-state index < -0.39 is 0 Å². The Balaban J connectivity index is 1.43. The highest BCUT2D eigenvalue weighted by atomic mass is 16.6. The van der Waals surface area contributed by atoms with E-state index in [0.29, 0.717) is 30.6 Å². The molecule has 1 atom stereocenters. The van der Waals surface area contributed by atoms with Crippen LogP contribution in [0.1, 0.15) is 34.3 Å². The number of fused-ring (bicyclic) bond motifs is 1. The average molecular weight is 524 g/mol. The van der Waals surface area contributed by atoms with Crippen LogP contribution in [-0.2, 0) is 11.4 Å². The predicted octanol–water partition coefficient (Wildman–Crippen LogP) is 5.58. The fourth-order valence-corrected chi connectivity index (χ4v) is 4.95. The summed E-state index contributed by atoms with van der Waals surface area (Å²) in [4.78, 5) is 17.2. The summed E-state index contributed by atoms with van der Waals surface area (Å²) in [6, 6.07) is 19.7. The summed E-state index contributed by atoms with van der Waals surface area (Å²) in [7, 11) is 3.27. The molecule has 5 aromatic rings. The number of nitrogens with zero attached hydrogens (tertiary/aromatic N) is 5. The predicted molar refractivity (Wildman–Crippen MR) is 147 cm³/mol. The topological polar surface area (TPSA) is 87.1 Å². The van der Waals surface area contributed by atoms with Gasteiger partial charge in [-0.05, 0) is 49.7 Å².